The molecule has 8 nitrogen and oxygen atoms in total. The van der Waals surface area contributed by atoms with Gasteiger partial charge in [-0.15, -0.1) is 11.3 Å². The van der Waals surface area contributed by atoms with E-state index in [1.54, 1.807) is 24.5 Å². The molecule has 0 aliphatic carbocycles. The number of nitrogens with one attached hydrogen (secondary N) is 2. The molecule has 170 valence electrons. The van der Waals surface area contributed by atoms with Crippen LogP contribution in [0.3, 0.4) is 0 Å². The average Bonchev–Trinajstić information content (AvgIpc) is 3.57. The SMILES string of the molecule is C1=COCC1.CC.CN.O=CCSc1nc2ccc(C(=O)NC3CNC(=O)C3)cc2s1. The van der Waals surface area contributed by atoms with Gasteiger partial charge in [0.05, 0.1) is 34.9 Å². The van der Waals surface area contributed by atoms with Crippen molar-refractivity contribution in [3.8, 4) is 0 Å². The minimum Gasteiger partial charge on any atom is -0.501 e. The molecule has 4 rings (SSSR count). The maximum atomic E-state index is 12.2. The lowest BCUT2D eigenvalue weighted by Gasteiger charge is -2.10. The number of thioether (sulfide) groups is 1. The van der Waals surface area contributed by atoms with Crippen molar-refractivity contribution in [3.05, 3.63) is 36.1 Å². The van der Waals surface area contributed by atoms with Crippen LogP contribution in [0.25, 0.3) is 10.2 Å². The molecule has 0 saturated carbocycles. The van der Waals surface area contributed by atoms with Crippen LogP contribution in [0, 0.1) is 0 Å². The minimum atomic E-state index is -0.195. The number of thiazole rings is 1. The smallest absolute Gasteiger partial charge is 0.251 e. The first-order chi connectivity index (χ1) is 15.2. The van der Waals surface area contributed by atoms with Crippen molar-refractivity contribution in [2.24, 2.45) is 5.73 Å². The molecule has 1 aromatic carbocycles. The molecule has 1 atom stereocenters. The third kappa shape index (κ3) is 9.07. The van der Waals surface area contributed by atoms with Crippen LogP contribution in [-0.4, -0.2) is 55.1 Å². The normalized spacial score (nSPS) is 15.9. The van der Waals surface area contributed by atoms with Crippen molar-refractivity contribution < 1.29 is 19.1 Å². The second-order valence-corrected chi connectivity index (χ2v) is 8.15. The monoisotopic (exact) mass is 466 g/mol. The molecule has 31 heavy (non-hydrogen) atoms. The van der Waals surface area contributed by atoms with Gasteiger partial charge in [-0.05, 0) is 31.3 Å². The van der Waals surface area contributed by atoms with E-state index in [9.17, 15) is 14.4 Å². The Bertz CT molecular complexity index is 864. The number of aromatic nitrogens is 1. The van der Waals surface area contributed by atoms with Gasteiger partial charge in [-0.25, -0.2) is 4.98 Å². The summed E-state index contributed by atoms with van der Waals surface area (Å²) in [5.74, 6) is 0.134. The van der Waals surface area contributed by atoms with E-state index in [1.807, 2.05) is 19.9 Å². The van der Waals surface area contributed by atoms with Crippen molar-refractivity contribution in [2.75, 3.05) is 26.0 Å². The van der Waals surface area contributed by atoms with Gasteiger partial charge in [-0.1, -0.05) is 25.6 Å². The van der Waals surface area contributed by atoms with Gasteiger partial charge in [-0.3, -0.25) is 9.59 Å². The first-order valence-electron chi connectivity index (χ1n) is 10.0. The van der Waals surface area contributed by atoms with E-state index in [-0.39, 0.29) is 17.9 Å². The molecule has 1 unspecified atom stereocenters. The largest absolute Gasteiger partial charge is 0.501 e. The molecular formula is C21H30N4O4S2. The van der Waals surface area contributed by atoms with Gasteiger partial charge in [-0.2, -0.15) is 0 Å². The van der Waals surface area contributed by atoms with Gasteiger partial charge in [0.15, 0.2) is 4.34 Å². The summed E-state index contributed by atoms with van der Waals surface area (Å²) in [7, 11) is 1.50. The minimum absolute atomic E-state index is 0.0416. The lowest BCUT2D eigenvalue weighted by atomic mass is 10.1. The quantitative estimate of drug-likeness (QED) is 0.457. The predicted molar refractivity (Wildman–Crippen MR) is 126 cm³/mol. The first kappa shape index (κ1) is 26.6. The molecular weight excluding hydrogens is 436 g/mol. The average molecular weight is 467 g/mol. The fourth-order valence-electron chi connectivity index (χ4n) is 2.53. The highest BCUT2D eigenvalue weighted by Gasteiger charge is 2.23. The standard InChI is InChI=1S/C14H13N3O3S2.C4H6O.C2H6.CH5N/c18-3-4-21-14-17-10-2-1-8(5-11(10)22-14)13(20)16-9-6-12(19)15-7-9;1-2-4-5-3-1;2*1-2/h1-3,5,9H,4,6-7H2,(H,15,19)(H,16,20);1,3H,2,4H2;1-2H3;2H2,1H3. The van der Waals surface area contributed by atoms with Crippen LogP contribution >= 0.6 is 23.1 Å². The first-order valence-corrected chi connectivity index (χ1v) is 11.8. The Morgan fingerprint density at radius 1 is 1.42 bits per heavy atom. The third-order valence-corrected chi connectivity index (χ3v) is 5.87. The summed E-state index contributed by atoms with van der Waals surface area (Å²) in [6.45, 7) is 5.36. The number of amides is 2. The summed E-state index contributed by atoms with van der Waals surface area (Å²) in [6, 6.07) is 5.15. The molecule has 0 bridgehead atoms. The number of ether oxygens (including phenoxy) is 1. The number of carbonyl (C=O) groups excluding carboxylic acids is 3. The van der Waals surface area contributed by atoms with E-state index in [2.05, 4.69) is 21.4 Å². The maximum absolute atomic E-state index is 12.2. The number of benzene rings is 1. The number of carbonyl (C=O) groups is 3. The van der Waals surface area contributed by atoms with Crippen LogP contribution in [0.1, 0.15) is 37.0 Å². The third-order valence-electron chi connectivity index (χ3n) is 3.81. The Morgan fingerprint density at radius 3 is 2.74 bits per heavy atom. The van der Waals surface area contributed by atoms with Crippen LogP contribution < -0.4 is 16.4 Å². The number of nitrogens with zero attached hydrogens (tertiary/aromatic N) is 1. The van der Waals surface area contributed by atoms with Crippen molar-refractivity contribution >= 4 is 51.4 Å². The van der Waals surface area contributed by atoms with E-state index < -0.39 is 0 Å². The van der Waals surface area contributed by atoms with Crippen LogP contribution in [0.15, 0.2) is 34.9 Å². The van der Waals surface area contributed by atoms with Crippen molar-refractivity contribution in [1.82, 2.24) is 15.6 Å². The number of hydrogen-bond acceptors (Lipinski definition) is 8. The van der Waals surface area contributed by atoms with Gasteiger partial charge in [0, 0.05) is 24.9 Å². The van der Waals surface area contributed by atoms with E-state index in [1.165, 1.54) is 30.1 Å². The van der Waals surface area contributed by atoms with Crippen molar-refractivity contribution in [3.63, 3.8) is 0 Å². The Labute approximate surface area is 191 Å². The zero-order valence-corrected chi connectivity index (χ0v) is 19.7. The number of nitrogens with two attached hydrogens (primary N) is 1. The molecule has 2 amide bonds. The molecule has 1 saturated heterocycles. The predicted octanol–water partition coefficient (Wildman–Crippen LogP) is 2.73. The fourth-order valence-corrected chi connectivity index (χ4v) is 4.35. The van der Waals surface area contributed by atoms with E-state index >= 15 is 0 Å². The van der Waals surface area contributed by atoms with Gasteiger partial charge in [0.2, 0.25) is 5.91 Å². The summed E-state index contributed by atoms with van der Waals surface area (Å²) in [5.41, 5.74) is 5.86. The second kappa shape index (κ2) is 15.4. The topological polar surface area (TPSA) is 123 Å². The van der Waals surface area contributed by atoms with Crippen molar-refractivity contribution in [2.45, 2.75) is 37.1 Å². The number of rotatable bonds is 5. The van der Waals surface area contributed by atoms with Gasteiger partial charge < -0.3 is 25.9 Å². The molecule has 10 heteroatoms. The molecule has 4 N–H and O–H groups in total. The number of aldehydes is 1. The van der Waals surface area contributed by atoms with Crippen molar-refractivity contribution in [1.29, 1.82) is 0 Å². The molecule has 2 aromatic rings. The molecule has 0 spiro atoms. The Morgan fingerprint density at radius 2 is 2.19 bits per heavy atom. The zero-order valence-electron chi connectivity index (χ0n) is 18.1. The Kier molecular flexibility index (Phi) is 13.2. The van der Waals surface area contributed by atoms with Crippen LogP contribution in [0.2, 0.25) is 0 Å². The van der Waals surface area contributed by atoms with E-state index in [4.69, 9.17) is 4.74 Å². The summed E-state index contributed by atoms with van der Waals surface area (Å²) >= 11 is 2.84. The summed E-state index contributed by atoms with van der Waals surface area (Å²) in [5, 5.41) is 5.53. The second-order valence-electron chi connectivity index (χ2n) is 5.85. The molecule has 2 aliphatic heterocycles. The van der Waals surface area contributed by atoms with Gasteiger partial charge in [0.1, 0.15) is 6.29 Å². The van der Waals surface area contributed by atoms with Gasteiger partial charge in [0.25, 0.3) is 5.91 Å². The molecule has 2 aliphatic rings. The maximum Gasteiger partial charge on any atom is 0.251 e. The molecule has 1 fully saturated rings. The number of hydrogen-bond donors (Lipinski definition) is 3. The molecule has 1 aromatic heterocycles. The number of fused-ring (bicyclic) bond motifs is 1. The molecule has 3 heterocycles. The highest BCUT2D eigenvalue weighted by molar-refractivity contribution is 8.01. The Hall–Kier alpha value is -2.43. The lowest BCUT2D eigenvalue weighted by Crippen LogP contribution is -2.36. The van der Waals surface area contributed by atoms with E-state index in [0.717, 1.165) is 33.9 Å². The van der Waals surface area contributed by atoms with Crippen LogP contribution in [-0.2, 0) is 14.3 Å². The molecule has 0 radical (unpaired) electrons. The summed E-state index contributed by atoms with van der Waals surface area (Å²) in [6.07, 6.45) is 6.01. The highest BCUT2D eigenvalue weighted by atomic mass is 32.2. The van der Waals surface area contributed by atoms with Crippen LogP contribution in [0.5, 0.6) is 0 Å². The van der Waals surface area contributed by atoms with E-state index in [0.29, 0.717) is 24.3 Å². The van der Waals surface area contributed by atoms with Gasteiger partial charge >= 0.3 is 0 Å². The fraction of sp³-hybridized carbons (Fsp3) is 0.429. The summed E-state index contributed by atoms with van der Waals surface area (Å²) in [4.78, 5) is 38.2. The highest BCUT2D eigenvalue weighted by Crippen LogP contribution is 2.29. The lowest BCUT2D eigenvalue weighted by molar-refractivity contribution is -0.119. The zero-order chi connectivity index (χ0) is 23.1. The summed E-state index contributed by atoms with van der Waals surface area (Å²) < 4.78 is 6.48. The van der Waals surface area contributed by atoms with Crippen LogP contribution in [0.4, 0.5) is 0 Å². The Balaban J connectivity index is 0.000000454.